The van der Waals surface area contributed by atoms with Gasteiger partial charge in [0.25, 0.3) is 0 Å². The first-order valence-corrected chi connectivity index (χ1v) is 9.17. The zero-order valence-electron chi connectivity index (χ0n) is 15.4. The molecule has 0 aliphatic heterocycles. The number of carbonyl (C=O) groups excluding carboxylic acids is 1. The third-order valence-corrected chi connectivity index (χ3v) is 3.36. The van der Waals surface area contributed by atoms with Gasteiger partial charge in [-0.3, -0.25) is 9.59 Å². The van der Waals surface area contributed by atoms with Crippen molar-refractivity contribution in [2.75, 3.05) is 0 Å². The Labute approximate surface area is 152 Å². The van der Waals surface area contributed by atoms with E-state index in [1.807, 2.05) is 12.2 Å². The van der Waals surface area contributed by atoms with Gasteiger partial charge in [0.15, 0.2) is 0 Å². The number of unbranched alkanes of at least 4 members (excludes halogenated alkanes) is 1. The van der Waals surface area contributed by atoms with Crippen LogP contribution in [0.5, 0.6) is 0 Å². The zero-order valence-corrected chi connectivity index (χ0v) is 15.4. The van der Waals surface area contributed by atoms with Crippen molar-refractivity contribution < 1.29 is 14.7 Å². The molecule has 0 rings (SSSR count). The summed E-state index contributed by atoms with van der Waals surface area (Å²) < 4.78 is 0. The second kappa shape index (κ2) is 18.2. The van der Waals surface area contributed by atoms with E-state index in [4.69, 9.17) is 5.11 Å². The Morgan fingerprint density at radius 3 is 1.84 bits per heavy atom. The van der Waals surface area contributed by atoms with E-state index in [0.717, 1.165) is 25.7 Å². The molecule has 0 fully saturated rings. The second-order valence-electron chi connectivity index (χ2n) is 5.74. The van der Waals surface area contributed by atoms with E-state index in [9.17, 15) is 9.59 Å². The van der Waals surface area contributed by atoms with Gasteiger partial charge in [-0.15, -0.1) is 0 Å². The molecule has 0 bridgehead atoms. The first-order chi connectivity index (χ1) is 12.2. The van der Waals surface area contributed by atoms with E-state index in [1.54, 1.807) is 0 Å². The first-order valence-electron chi connectivity index (χ1n) is 9.17. The monoisotopic (exact) mass is 344 g/mol. The summed E-state index contributed by atoms with van der Waals surface area (Å²) in [5.74, 6) is -0.898. The van der Waals surface area contributed by atoms with Gasteiger partial charge in [-0.05, 0) is 32.1 Å². The van der Waals surface area contributed by atoms with Crippen LogP contribution in [0.4, 0.5) is 0 Å². The van der Waals surface area contributed by atoms with Crippen LogP contribution in [0.15, 0.2) is 60.8 Å². The Morgan fingerprint density at radius 1 is 0.680 bits per heavy atom. The molecule has 1 N–H and O–H groups in total. The Morgan fingerprint density at radius 2 is 1.24 bits per heavy atom. The van der Waals surface area contributed by atoms with Crippen molar-refractivity contribution in [3.8, 4) is 0 Å². The number of ketones is 1. The number of carboxylic acid groups (broad SMARTS) is 1. The predicted octanol–water partition coefficient (Wildman–Crippen LogP) is 5.95. The summed E-state index contributed by atoms with van der Waals surface area (Å²) >= 11 is 0. The molecule has 0 saturated heterocycles. The van der Waals surface area contributed by atoms with Crippen LogP contribution in [0, 0.1) is 0 Å². The molecular formula is C22H32O3. The lowest BCUT2D eigenvalue weighted by Crippen LogP contribution is -2.02. The molecule has 0 aliphatic rings. The van der Waals surface area contributed by atoms with Gasteiger partial charge in [0.05, 0.1) is 6.42 Å². The molecule has 3 heteroatoms. The number of rotatable bonds is 15. The maximum atomic E-state index is 11.4. The number of hydrogen-bond acceptors (Lipinski definition) is 2. The number of hydrogen-bond donors (Lipinski definition) is 1. The molecule has 25 heavy (non-hydrogen) atoms. The van der Waals surface area contributed by atoms with Crippen LogP contribution in [-0.4, -0.2) is 16.9 Å². The lowest BCUT2D eigenvalue weighted by molar-refractivity contribution is -0.138. The minimum absolute atomic E-state index is 0.0163. The molecule has 0 saturated carbocycles. The number of aliphatic carboxylic acids is 1. The largest absolute Gasteiger partial charge is 0.481 e. The van der Waals surface area contributed by atoms with Crippen LogP contribution in [0.2, 0.25) is 0 Å². The van der Waals surface area contributed by atoms with Crippen molar-refractivity contribution in [2.24, 2.45) is 0 Å². The summed E-state index contributed by atoms with van der Waals surface area (Å²) in [5, 5.41) is 8.49. The van der Waals surface area contributed by atoms with Gasteiger partial charge in [0, 0.05) is 12.8 Å². The molecule has 0 amide bonds. The molecule has 0 aliphatic carbocycles. The van der Waals surface area contributed by atoms with Crippen LogP contribution in [0.1, 0.15) is 64.7 Å². The van der Waals surface area contributed by atoms with Crippen LogP contribution < -0.4 is 0 Å². The topological polar surface area (TPSA) is 54.4 Å². The average molecular weight is 344 g/mol. The Kier molecular flexibility index (Phi) is 16.6. The molecule has 138 valence electrons. The summed E-state index contributed by atoms with van der Waals surface area (Å²) in [7, 11) is 0. The zero-order chi connectivity index (χ0) is 18.6. The summed E-state index contributed by atoms with van der Waals surface area (Å²) in [6, 6.07) is 0. The molecule has 0 spiro atoms. The highest BCUT2D eigenvalue weighted by Gasteiger charge is 2.03. The van der Waals surface area contributed by atoms with Crippen molar-refractivity contribution in [3.05, 3.63) is 60.8 Å². The summed E-state index contributed by atoms with van der Waals surface area (Å²) in [6.45, 7) is 2.17. The quantitative estimate of drug-likeness (QED) is 0.295. The molecule has 0 unspecified atom stereocenters. The summed E-state index contributed by atoms with van der Waals surface area (Å²) in [4.78, 5) is 21.7. The van der Waals surface area contributed by atoms with Crippen molar-refractivity contribution in [3.63, 3.8) is 0 Å². The molecular weight excluding hydrogens is 312 g/mol. The Hall–Kier alpha value is -2.16. The highest BCUT2D eigenvalue weighted by atomic mass is 16.4. The van der Waals surface area contributed by atoms with Crippen LogP contribution in [0.25, 0.3) is 0 Å². The fourth-order valence-electron chi connectivity index (χ4n) is 1.95. The van der Waals surface area contributed by atoms with Gasteiger partial charge in [-0.1, -0.05) is 74.1 Å². The second-order valence-corrected chi connectivity index (χ2v) is 5.74. The van der Waals surface area contributed by atoms with E-state index in [2.05, 4.69) is 55.5 Å². The van der Waals surface area contributed by atoms with E-state index < -0.39 is 5.97 Å². The predicted molar refractivity (Wildman–Crippen MR) is 106 cm³/mol. The maximum Gasteiger partial charge on any atom is 0.303 e. The van der Waals surface area contributed by atoms with Gasteiger partial charge in [-0.25, -0.2) is 0 Å². The Balaban J connectivity index is 3.57. The molecule has 0 atom stereocenters. The first kappa shape index (κ1) is 22.8. The standard InChI is InChI=1S/C22H32O3/c1-2-3-4-5-6-7-8-9-10-11-12-13-14-15-16-17-18-21(23)19-20-22(24)25/h4-7,9-10,12-13,15-16H,2-3,8,11,14,17-20H2,1H3,(H,24,25)/b5-4+,7-6+,10-9+,13-12+,16-15+. The lowest BCUT2D eigenvalue weighted by atomic mass is 10.1. The molecule has 0 radical (unpaired) electrons. The number of carbonyl (C=O) groups is 2. The van der Waals surface area contributed by atoms with Gasteiger partial charge < -0.3 is 5.11 Å². The third-order valence-electron chi connectivity index (χ3n) is 3.36. The average Bonchev–Trinajstić information content (AvgIpc) is 2.59. The maximum absolute atomic E-state index is 11.4. The summed E-state index contributed by atoms with van der Waals surface area (Å²) in [6.07, 6.45) is 27.4. The van der Waals surface area contributed by atoms with Gasteiger partial charge in [0.1, 0.15) is 5.78 Å². The molecule has 3 nitrogen and oxygen atoms in total. The number of carboxylic acids is 1. The van der Waals surface area contributed by atoms with E-state index in [0.29, 0.717) is 12.8 Å². The number of Topliss-reactive ketones (excluding diaryl/α,β-unsaturated/α-hetero) is 1. The SMILES string of the molecule is CCC/C=C/C=C/C/C=C/C/C=C/C/C=C/CCC(=O)CCC(=O)O. The van der Waals surface area contributed by atoms with E-state index in [-0.39, 0.29) is 18.6 Å². The van der Waals surface area contributed by atoms with Gasteiger partial charge in [-0.2, -0.15) is 0 Å². The van der Waals surface area contributed by atoms with Crippen LogP contribution in [-0.2, 0) is 9.59 Å². The smallest absolute Gasteiger partial charge is 0.303 e. The van der Waals surface area contributed by atoms with Crippen LogP contribution >= 0.6 is 0 Å². The highest BCUT2D eigenvalue weighted by Crippen LogP contribution is 2.01. The van der Waals surface area contributed by atoms with Crippen molar-refractivity contribution in [1.82, 2.24) is 0 Å². The van der Waals surface area contributed by atoms with Crippen molar-refractivity contribution in [2.45, 2.75) is 64.7 Å². The molecule has 0 aromatic rings. The van der Waals surface area contributed by atoms with Gasteiger partial charge >= 0.3 is 5.97 Å². The fraction of sp³-hybridized carbons (Fsp3) is 0.455. The number of allylic oxidation sites excluding steroid dienone is 10. The highest BCUT2D eigenvalue weighted by molar-refractivity contribution is 5.82. The van der Waals surface area contributed by atoms with E-state index in [1.165, 1.54) is 6.42 Å². The summed E-state index contributed by atoms with van der Waals surface area (Å²) in [5.41, 5.74) is 0. The van der Waals surface area contributed by atoms with Gasteiger partial charge in [0.2, 0.25) is 0 Å². The van der Waals surface area contributed by atoms with E-state index >= 15 is 0 Å². The lowest BCUT2D eigenvalue weighted by Gasteiger charge is -1.95. The third kappa shape index (κ3) is 19.8. The normalized spacial score (nSPS) is 12.5. The molecule has 0 heterocycles. The van der Waals surface area contributed by atoms with Crippen molar-refractivity contribution >= 4 is 11.8 Å². The molecule has 0 aromatic heterocycles. The minimum Gasteiger partial charge on any atom is -0.481 e. The Bertz CT molecular complexity index is 493. The minimum atomic E-state index is -0.914. The van der Waals surface area contributed by atoms with Crippen molar-refractivity contribution in [1.29, 1.82) is 0 Å². The fourth-order valence-corrected chi connectivity index (χ4v) is 1.95. The van der Waals surface area contributed by atoms with Crippen LogP contribution in [0.3, 0.4) is 0 Å². The molecule has 0 aromatic carbocycles.